The van der Waals surface area contributed by atoms with Gasteiger partial charge < -0.3 is 10.8 Å². The Morgan fingerprint density at radius 2 is 2.12 bits per heavy atom. The quantitative estimate of drug-likeness (QED) is 0.832. The fourth-order valence-corrected chi connectivity index (χ4v) is 1.34. The van der Waals surface area contributed by atoms with Gasteiger partial charge in [0.05, 0.1) is 0 Å². The SMILES string of the molecule is NC(Cc1cccc(C(F)(F)CF)c1)C(=O)O. The molecular weight excluding hydrogens is 235 g/mol. The van der Waals surface area contributed by atoms with Crippen LogP contribution >= 0.6 is 0 Å². The van der Waals surface area contributed by atoms with Crippen LogP contribution in [0.4, 0.5) is 13.2 Å². The number of carboxylic acids is 1. The standard InChI is InChI=1S/C11H12F3NO2/c12-6-11(13,14)8-3-1-2-7(4-8)5-9(15)10(16)17/h1-4,9H,5-6,15H2,(H,16,17). The van der Waals surface area contributed by atoms with E-state index in [1.807, 2.05) is 0 Å². The Labute approximate surface area is 96.0 Å². The monoisotopic (exact) mass is 247 g/mol. The molecule has 0 spiro atoms. The zero-order valence-electron chi connectivity index (χ0n) is 8.87. The molecule has 1 unspecified atom stereocenters. The molecule has 0 saturated carbocycles. The first-order valence-electron chi connectivity index (χ1n) is 4.88. The molecule has 3 N–H and O–H groups in total. The first kappa shape index (κ1) is 13.5. The van der Waals surface area contributed by atoms with E-state index in [1.54, 1.807) is 0 Å². The Morgan fingerprint density at radius 3 is 2.65 bits per heavy atom. The predicted molar refractivity (Wildman–Crippen MR) is 55.6 cm³/mol. The molecule has 0 amide bonds. The molecule has 0 aromatic heterocycles. The second kappa shape index (κ2) is 5.18. The Morgan fingerprint density at radius 1 is 1.47 bits per heavy atom. The van der Waals surface area contributed by atoms with Gasteiger partial charge in [0.1, 0.15) is 6.04 Å². The first-order chi connectivity index (χ1) is 7.86. The molecule has 0 aliphatic carbocycles. The van der Waals surface area contributed by atoms with Crippen LogP contribution in [0.2, 0.25) is 0 Å². The van der Waals surface area contributed by atoms with Crippen molar-refractivity contribution >= 4 is 5.97 Å². The van der Waals surface area contributed by atoms with Crippen molar-refractivity contribution in [2.45, 2.75) is 18.4 Å². The van der Waals surface area contributed by atoms with E-state index in [1.165, 1.54) is 12.1 Å². The number of carboxylic acid groups (broad SMARTS) is 1. The summed E-state index contributed by atoms with van der Waals surface area (Å²) in [6, 6.07) is 3.80. The van der Waals surface area contributed by atoms with Crippen LogP contribution in [0.3, 0.4) is 0 Å². The fourth-order valence-electron chi connectivity index (χ4n) is 1.34. The van der Waals surface area contributed by atoms with Crippen molar-refractivity contribution in [2.24, 2.45) is 5.73 Å². The summed E-state index contributed by atoms with van der Waals surface area (Å²) in [4.78, 5) is 10.5. The van der Waals surface area contributed by atoms with E-state index in [2.05, 4.69) is 0 Å². The number of hydrogen-bond acceptors (Lipinski definition) is 2. The lowest BCUT2D eigenvalue weighted by Gasteiger charge is -2.14. The zero-order valence-corrected chi connectivity index (χ0v) is 8.87. The van der Waals surface area contributed by atoms with Crippen molar-refractivity contribution in [3.63, 3.8) is 0 Å². The van der Waals surface area contributed by atoms with Gasteiger partial charge in [0.25, 0.3) is 0 Å². The molecule has 0 bridgehead atoms. The van der Waals surface area contributed by atoms with Gasteiger partial charge in [-0.2, -0.15) is 8.78 Å². The molecule has 1 aromatic carbocycles. The van der Waals surface area contributed by atoms with E-state index in [4.69, 9.17) is 10.8 Å². The second-order valence-corrected chi connectivity index (χ2v) is 3.69. The largest absolute Gasteiger partial charge is 0.480 e. The number of rotatable bonds is 5. The summed E-state index contributed by atoms with van der Waals surface area (Å²) in [5.41, 5.74) is 5.14. The van der Waals surface area contributed by atoms with Gasteiger partial charge in [0.2, 0.25) is 0 Å². The van der Waals surface area contributed by atoms with Gasteiger partial charge in [-0.25, -0.2) is 4.39 Å². The van der Waals surface area contributed by atoms with Gasteiger partial charge in [-0.05, 0) is 18.1 Å². The van der Waals surface area contributed by atoms with Crippen LogP contribution < -0.4 is 5.73 Å². The average molecular weight is 247 g/mol. The van der Waals surface area contributed by atoms with Gasteiger partial charge in [0.15, 0.2) is 6.67 Å². The number of aliphatic carboxylic acids is 1. The molecule has 1 rings (SSSR count). The normalized spacial score (nSPS) is 13.4. The van der Waals surface area contributed by atoms with E-state index in [0.29, 0.717) is 5.56 Å². The minimum atomic E-state index is -3.55. The van der Waals surface area contributed by atoms with Gasteiger partial charge in [0, 0.05) is 5.56 Å². The van der Waals surface area contributed by atoms with E-state index >= 15 is 0 Å². The maximum atomic E-state index is 13.0. The van der Waals surface area contributed by atoms with Gasteiger partial charge in [-0.3, -0.25) is 4.79 Å². The number of nitrogens with two attached hydrogens (primary N) is 1. The van der Waals surface area contributed by atoms with Crippen molar-refractivity contribution in [1.29, 1.82) is 0 Å². The smallest absolute Gasteiger partial charge is 0.320 e. The van der Waals surface area contributed by atoms with Crippen molar-refractivity contribution in [2.75, 3.05) is 6.67 Å². The van der Waals surface area contributed by atoms with E-state index < -0.39 is 30.2 Å². The molecule has 17 heavy (non-hydrogen) atoms. The van der Waals surface area contributed by atoms with Gasteiger partial charge in [-0.15, -0.1) is 0 Å². The van der Waals surface area contributed by atoms with Crippen LogP contribution in [-0.4, -0.2) is 23.8 Å². The number of alkyl halides is 3. The van der Waals surface area contributed by atoms with Crippen LogP contribution in [0.1, 0.15) is 11.1 Å². The van der Waals surface area contributed by atoms with Crippen molar-refractivity contribution in [3.05, 3.63) is 35.4 Å². The lowest BCUT2D eigenvalue weighted by Crippen LogP contribution is -2.32. The average Bonchev–Trinajstić information content (AvgIpc) is 2.29. The first-order valence-corrected chi connectivity index (χ1v) is 4.88. The van der Waals surface area contributed by atoms with Crippen molar-refractivity contribution in [3.8, 4) is 0 Å². The lowest BCUT2D eigenvalue weighted by molar-refractivity contribution is -0.138. The third-order valence-electron chi connectivity index (χ3n) is 2.29. The third-order valence-corrected chi connectivity index (χ3v) is 2.29. The highest BCUT2D eigenvalue weighted by Crippen LogP contribution is 2.28. The number of hydrogen-bond donors (Lipinski definition) is 2. The molecule has 0 radical (unpaired) electrons. The second-order valence-electron chi connectivity index (χ2n) is 3.69. The molecule has 0 fully saturated rings. The Balaban J connectivity index is 2.90. The van der Waals surface area contributed by atoms with Crippen molar-refractivity contribution < 1.29 is 23.1 Å². The molecule has 6 heteroatoms. The highest BCUT2D eigenvalue weighted by Gasteiger charge is 2.31. The molecule has 0 aliphatic rings. The van der Waals surface area contributed by atoms with Crippen LogP contribution in [0.25, 0.3) is 0 Å². The summed E-state index contributed by atoms with van der Waals surface area (Å²) in [6.07, 6.45) is -0.0778. The van der Waals surface area contributed by atoms with Crippen LogP contribution in [0.15, 0.2) is 24.3 Å². The number of carbonyl (C=O) groups is 1. The molecule has 1 atom stereocenters. The van der Waals surface area contributed by atoms with E-state index in [9.17, 15) is 18.0 Å². The Bertz CT molecular complexity index is 409. The topological polar surface area (TPSA) is 63.3 Å². The highest BCUT2D eigenvalue weighted by molar-refractivity contribution is 5.73. The Hall–Kier alpha value is -1.56. The number of benzene rings is 1. The molecule has 0 heterocycles. The zero-order chi connectivity index (χ0) is 13.1. The van der Waals surface area contributed by atoms with E-state index in [-0.39, 0.29) is 6.42 Å². The maximum absolute atomic E-state index is 13.0. The molecular formula is C11H12F3NO2. The van der Waals surface area contributed by atoms with Crippen LogP contribution in [0.5, 0.6) is 0 Å². The minimum absolute atomic E-state index is 0.0778. The van der Waals surface area contributed by atoms with Gasteiger partial charge >= 0.3 is 11.9 Å². The van der Waals surface area contributed by atoms with Crippen LogP contribution in [0, 0.1) is 0 Å². The Kier molecular flexibility index (Phi) is 4.11. The summed E-state index contributed by atoms with van der Waals surface area (Å²) < 4.78 is 38.2. The summed E-state index contributed by atoms with van der Waals surface area (Å²) in [5.74, 6) is -4.77. The lowest BCUT2D eigenvalue weighted by atomic mass is 10.0. The summed E-state index contributed by atoms with van der Waals surface area (Å²) >= 11 is 0. The predicted octanol–water partition coefficient (Wildman–Crippen LogP) is 1.70. The number of halogens is 3. The third kappa shape index (κ3) is 3.45. The summed E-state index contributed by atoms with van der Waals surface area (Å²) in [6.45, 7) is -1.79. The molecule has 3 nitrogen and oxygen atoms in total. The fraction of sp³-hybridized carbons (Fsp3) is 0.364. The van der Waals surface area contributed by atoms with Gasteiger partial charge in [-0.1, -0.05) is 18.2 Å². The molecule has 0 saturated heterocycles. The summed E-state index contributed by atoms with van der Waals surface area (Å²) in [7, 11) is 0. The van der Waals surface area contributed by atoms with Crippen molar-refractivity contribution in [1.82, 2.24) is 0 Å². The highest BCUT2D eigenvalue weighted by atomic mass is 19.3. The minimum Gasteiger partial charge on any atom is -0.480 e. The molecule has 94 valence electrons. The molecule has 1 aromatic rings. The molecule has 0 aliphatic heterocycles. The maximum Gasteiger partial charge on any atom is 0.320 e. The van der Waals surface area contributed by atoms with Crippen LogP contribution in [-0.2, 0) is 17.1 Å². The summed E-state index contributed by atoms with van der Waals surface area (Å²) in [5, 5.41) is 8.59. The van der Waals surface area contributed by atoms with E-state index in [0.717, 1.165) is 12.1 Å².